The molecule has 3 nitrogen and oxygen atoms in total. The number of hydrogen-bond acceptors (Lipinski definition) is 1. The van der Waals surface area contributed by atoms with Crippen molar-refractivity contribution in [3.05, 3.63) is 36.0 Å². The third kappa shape index (κ3) is 2.97. The molecule has 0 bridgehead atoms. The van der Waals surface area contributed by atoms with Crippen molar-refractivity contribution in [2.45, 2.75) is 45.4 Å². The van der Waals surface area contributed by atoms with Gasteiger partial charge in [-0.2, -0.15) is 0 Å². The number of carbonyl (C=O) groups excluding carboxylic acids is 1. The van der Waals surface area contributed by atoms with Gasteiger partial charge < -0.3 is 10.3 Å². The minimum atomic E-state index is -0.140. The summed E-state index contributed by atoms with van der Waals surface area (Å²) in [6.45, 7) is 2.84. The first-order chi connectivity index (χ1) is 10.2. The van der Waals surface area contributed by atoms with Crippen LogP contribution in [0.5, 0.6) is 0 Å². The lowest BCUT2D eigenvalue weighted by atomic mass is 9.75. The van der Waals surface area contributed by atoms with Crippen LogP contribution >= 0.6 is 0 Å². The van der Waals surface area contributed by atoms with Crippen molar-refractivity contribution in [3.63, 3.8) is 0 Å². The molecule has 1 aromatic heterocycles. The van der Waals surface area contributed by atoms with Gasteiger partial charge in [0.2, 0.25) is 5.91 Å². The van der Waals surface area contributed by atoms with Gasteiger partial charge in [0.1, 0.15) is 0 Å². The summed E-state index contributed by atoms with van der Waals surface area (Å²) in [5, 5.41) is 4.40. The van der Waals surface area contributed by atoms with E-state index in [-0.39, 0.29) is 11.3 Å². The Kier molecular flexibility index (Phi) is 4.00. The first-order valence-electron chi connectivity index (χ1n) is 8.02. The van der Waals surface area contributed by atoms with Crippen molar-refractivity contribution in [2.24, 2.45) is 5.41 Å². The first-order valence-corrected chi connectivity index (χ1v) is 8.02. The van der Waals surface area contributed by atoms with Crippen LogP contribution in [0.2, 0.25) is 0 Å². The highest BCUT2D eigenvalue weighted by Crippen LogP contribution is 2.35. The van der Waals surface area contributed by atoms with E-state index in [0.29, 0.717) is 0 Å². The summed E-state index contributed by atoms with van der Waals surface area (Å²) < 4.78 is 0. The van der Waals surface area contributed by atoms with E-state index in [4.69, 9.17) is 0 Å². The molecule has 0 aliphatic heterocycles. The number of para-hydroxylation sites is 1. The maximum absolute atomic E-state index is 12.4. The summed E-state index contributed by atoms with van der Waals surface area (Å²) in [5.74, 6) is 0.238. The van der Waals surface area contributed by atoms with Crippen LogP contribution in [0.15, 0.2) is 30.5 Å². The Balaban J connectivity index is 1.57. The van der Waals surface area contributed by atoms with E-state index in [1.165, 1.54) is 30.2 Å². The average molecular weight is 284 g/mol. The molecule has 1 fully saturated rings. The van der Waals surface area contributed by atoms with Gasteiger partial charge in [0.15, 0.2) is 0 Å². The highest BCUT2D eigenvalue weighted by Gasteiger charge is 2.33. The number of amides is 1. The fourth-order valence-corrected chi connectivity index (χ4v) is 3.42. The molecular formula is C18H24N2O. The van der Waals surface area contributed by atoms with E-state index >= 15 is 0 Å². The molecule has 1 aromatic carbocycles. The number of carbonyl (C=O) groups is 1. The normalized spacial score (nSPS) is 17.8. The van der Waals surface area contributed by atoms with Gasteiger partial charge >= 0.3 is 0 Å². The van der Waals surface area contributed by atoms with E-state index in [1.807, 2.05) is 6.07 Å². The van der Waals surface area contributed by atoms with Gasteiger partial charge in [-0.05, 0) is 30.9 Å². The van der Waals surface area contributed by atoms with E-state index in [0.717, 1.165) is 31.3 Å². The number of benzene rings is 1. The molecule has 1 amide bonds. The van der Waals surface area contributed by atoms with Crippen molar-refractivity contribution < 1.29 is 4.79 Å². The molecule has 0 radical (unpaired) electrons. The predicted octanol–water partition coefficient (Wildman–Crippen LogP) is 3.80. The van der Waals surface area contributed by atoms with Crippen molar-refractivity contribution in [2.75, 3.05) is 6.54 Å². The highest BCUT2D eigenvalue weighted by molar-refractivity contribution is 5.84. The third-order valence-electron chi connectivity index (χ3n) is 4.86. The molecule has 3 rings (SSSR count). The largest absolute Gasteiger partial charge is 0.361 e. The molecule has 0 spiro atoms. The lowest BCUT2D eigenvalue weighted by Gasteiger charge is -2.32. The van der Waals surface area contributed by atoms with Crippen LogP contribution in [0.25, 0.3) is 10.9 Å². The Morgan fingerprint density at radius 3 is 2.81 bits per heavy atom. The van der Waals surface area contributed by atoms with Crippen LogP contribution in [0.3, 0.4) is 0 Å². The number of rotatable bonds is 4. The summed E-state index contributed by atoms with van der Waals surface area (Å²) in [6.07, 6.45) is 8.65. The summed E-state index contributed by atoms with van der Waals surface area (Å²) in [4.78, 5) is 15.7. The summed E-state index contributed by atoms with van der Waals surface area (Å²) in [6, 6.07) is 8.31. The van der Waals surface area contributed by atoms with Gasteiger partial charge in [0.25, 0.3) is 0 Å². The molecule has 1 saturated carbocycles. The van der Waals surface area contributed by atoms with Gasteiger partial charge in [0, 0.05) is 29.1 Å². The second kappa shape index (κ2) is 5.92. The van der Waals surface area contributed by atoms with Crippen LogP contribution in [0.4, 0.5) is 0 Å². The van der Waals surface area contributed by atoms with Gasteiger partial charge in [-0.1, -0.05) is 44.4 Å². The molecular weight excluding hydrogens is 260 g/mol. The van der Waals surface area contributed by atoms with E-state index in [1.54, 1.807) is 0 Å². The summed E-state index contributed by atoms with van der Waals surface area (Å²) in [5.41, 5.74) is 2.30. The van der Waals surface area contributed by atoms with E-state index < -0.39 is 0 Å². The molecule has 0 atom stereocenters. The van der Waals surface area contributed by atoms with Crippen molar-refractivity contribution in [3.8, 4) is 0 Å². The molecule has 1 aliphatic carbocycles. The minimum Gasteiger partial charge on any atom is -0.361 e. The SMILES string of the molecule is CC1(C(=O)NCCc2c[nH]c3ccccc23)CCCCC1. The number of nitrogens with one attached hydrogen (secondary N) is 2. The van der Waals surface area contributed by atoms with Crippen molar-refractivity contribution in [1.29, 1.82) is 0 Å². The van der Waals surface area contributed by atoms with Gasteiger partial charge in [-0.25, -0.2) is 0 Å². The molecule has 21 heavy (non-hydrogen) atoms. The Bertz CT molecular complexity index is 623. The second-order valence-electron chi connectivity index (χ2n) is 6.49. The average Bonchev–Trinajstić information content (AvgIpc) is 2.91. The summed E-state index contributed by atoms with van der Waals surface area (Å²) >= 11 is 0. The molecule has 0 unspecified atom stereocenters. The topological polar surface area (TPSA) is 44.9 Å². The smallest absolute Gasteiger partial charge is 0.225 e. The fourth-order valence-electron chi connectivity index (χ4n) is 3.42. The first kappa shape index (κ1) is 14.2. The molecule has 3 heteroatoms. The standard InChI is InChI=1S/C18H24N2O/c1-18(10-5-2-6-11-18)17(21)19-12-9-14-13-20-16-8-4-3-7-15(14)16/h3-4,7-8,13,20H,2,5-6,9-12H2,1H3,(H,19,21). The lowest BCUT2D eigenvalue weighted by molar-refractivity contribution is -0.131. The maximum atomic E-state index is 12.4. The number of aromatic amines is 1. The highest BCUT2D eigenvalue weighted by atomic mass is 16.2. The van der Waals surface area contributed by atoms with Gasteiger partial charge in [-0.15, -0.1) is 0 Å². The quantitative estimate of drug-likeness (QED) is 0.881. The molecule has 0 saturated heterocycles. The maximum Gasteiger partial charge on any atom is 0.225 e. The van der Waals surface area contributed by atoms with E-state index in [9.17, 15) is 4.79 Å². The lowest BCUT2D eigenvalue weighted by Crippen LogP contribution is -2.41. The Morgan fingerprint density at radius 1 is 1.24 bits per heavy atom. The monoisotopic (exact) mass is 284 g/mol. The number of H-pyrrole nitrogens is 1. The van der Waals surface area contributed by atoms with Crippen LogP contribution in [0, 0.1) is 5.41 Å². The molecule has 112 valence electrons. The molecule has 1 heterocycles. The zero-order valence-electron chi connectivity index (χ0n) is 12.7. The number of aromatic nitrogens is 1. The van der Waals surface area contributed by atoms with Crippen LogP contribution < -0.4 is 5.32 Å². The number of fused-ring (bicyclic) bond motifs is 1. The van der Waals surface area contributed by atoms with Crippen LogP contribution in [0.1, 0.15) is 44.6 Å². The van der Waals surface area contributed by atoms with Crippen molar-refractivity contribution in [1.82, 2.24) is 10.3 Å². The molecule has 1 aliphatic rings. The van der Waals surface area contributed by atoms with Crippen LogP contribution in [-0.2, 0) is 11.2 Å². The Labute approximate surface area is 126 Å². The number of hydrogen-bond donors (Lipinski definition) is 2. The summed E-state index contributed by atoms with van der Waals surface area (Å²) in [7, 11) is 0. The Morgan fingerprint density at radius 2 is 2.00 bits per heavy atom. The van der Waals surface area contributed by atoms with E-state index in [2.05, 4.69) is 41.6 Å². The zero-order valence-corrected chi connectivity index (χ0v) is 12.7. The van der Waals surface area contributed by atoms with Gasteiger partial charge in [0.05, 0.1) is 0 Å². The molecule has 2 N–H and O–H groups in total. The van der Waals surface area contributed by atoms with Crippen LogP contribution in [-0.4, -0.2) is 17.4 Å². The Hall–Kier alpha value is -1.77. The van der Waals surface area contributed by atoms with Crippen molar-refractivity contribution >= 4 is 16.8 Å². The fraction of sp³-hybridized carbons (Fsp3) is 0.500. The second-order valence-corrected chi connectivity index (χ2v) is 6.49. The molecule has 2 aromatic rings. The predicted molar refractivity (Wildman–Crippen MR) is 86.2 cm³/mol. The third-order valence-corrected chi connectivity index (χ3v) is 4.86. The van der Waals surface area contributed by atoms with Gasteiger partial charge in [-0.3, -0.25) is 4.79 Å². The zero-order chi connectivity index (χ0) is 14.7. The minimum absolute atomic E-state index is 0.140.